The van der Waals surface area contributed by atoms with Gasteiger partial charge in [0.05, 0.1) is 5.41 Å². The monoisotopic (exact) mass is 282 g/mol. The van der Waals surface area contributed by atoms with Crippen LogP contribution in [0.15, 0.2) is 12.4 Å². The quantitative estimate of drug-likeness (QED) is 0.833. The average molecular weight is 283 g/mol. The lowest BCUT2D eigenvalue weighted by Crippen LogP contribution is -2.45. The topological polar surface area (TPSA) is 80.9 Å². The molecule has 3 N–H and O–H groups in total. The lowest BCUT2D eigenvalue weighted by molar-refractivity contribution is -0.127. The minimum absolute atomic E-state index is 0.0586. The Morgan fingerprint density at radius 1 is 1.53 bits per heavy atom. The van der Waals surface area contributed by atoms with E-state index in [1.165, 1.54) is 12.4 Å². The van der Waals surface area contributed by atoms with Crippen molar-refractivity contribution in [2.45, 2.75) is 32.6 Å². The molecule has 0 atom stereocenters. The number of rotatable bonds is 3. The second-order valence-electron chi connectivity index (χ2n) is 5.35. The highest BCUT2D eigenvalue weighted by Gasteiger charge is 2.39. The van der Waals surface area contributed by atoms with Crippen LogP contribution < -0.4 is 11.1 Å². The molecule has 0 saturated heterocycles. The summed E-state index contributed by atoms with van der Waals surface area (Å²) < 4.78 is 0. The van der Waals surface area contributed by atoms with Crippen LogP contribution in [0.5, 0.6) is 0 Å². The molecule has 0 radical (unpaired) electrons. The fourth-order valence-corrected chi connectivity index (χ4v) is 2.64. The molecule has 1 heterocycles. The summed E-state index contributed by atoms with van der Waals surface area (Å²) in [6.07, 6.45) is 5.06. The van der Waals surface area contributed by atoms with E-state index < -0.39 is 5.41 Å². The second-order valence-corrected chi connectivity index (χ2v) is 5.73. The van der Waals surface area contributed by atoms with Crippen LogP contribution >= 0.6 is 11.6 Å². The van der Waals surface area contributed by atoms with Crippen LogP contribution in [-0.4, -0.2) is 22.4 Å². The van der Waals surface area contributed by atoms with Crippen molar-refractivity contribution in [2.24, 2.45) is 17.1 Å². The molecule has 1 fully saturated rings. The standard InChI is InChI=1S/C13H19ClN4O/c1-9-2-4-13(7-15,5-3-9)12(19)18-11-6-10(14)16-8-17-11/h6,8-9H,2-5,7,15H2,1H3,(H,16,17,18,19). The molecule has 1 aromatic heterocycles. The summed E-state index contributed by atoms with van der Waals surface area (Å²) in [4.78, 5) is 20.2. The number of hydrogen-bond donors (Lipinski definition) is 2. The third kappa shape index (κ3) is 3.22. The summed E-state index contributed by atoms with van der Waals surface area (Å²) in [6, 6.07) is 1.54. The predicted molar refractivity (Wildman–Crippen MR) is 74.8 cm³/mol. The third-order valence-corrected chi connectivity index (χ3v) is 4.19. The zero-order chi connectivity index (χ0) is 13.9. The molecule has 104 valence electrons. The third-order valence-electron chi connectivity index (χ3n) is 3.98. The van der Waals surface area contributed by atoms with Crippen LogP contribution in [0.4, 0.5) is 5.82 Å². The SMILES string of the molecule is CC1CCC(CN)(C(=O)Nc2cc(Cl)ncn2)CC1. The summed E-state index contributed by atoms with van der Waals surface area (Å²) in [7, 11) is 0. The van der Waals surface area contributed by atoms with E-state index >= 15 is 0 Å². The van der Waals surface area contributed by atoms with Gasteiger partial charge in [-0.15, -0.1) is 0 Å². The number of hydrogen-bond acceptors (Lipinski definition) is 4. The minimum Gasteiger partial charge on any atom is -0.329 e. The first-order valence-corrected chi connectivity index (χ1v) is 6.92. The second kappa shape index (κ2) is 5.84. The van der Waals surface area contributed by atoms with Gasteiger partial charge in [0, 0.05) is 12.6 Å². The molecule has 5 nitrogen and oxygen atoms in total. The van der Waals surface area contributed by atoms with Gasteiger partial charge in [0.15, 0.2) is 0 Å². The van der Waals surface area contributed by atoms with E-state index in [1.807, 2.05) is 0 Å². The minimum atomic E-state index is -0.468. The zero-order valence-corrected chi connectivity index (χ0v) is 11.8. The Morgan fingerprint density at radius 2 is 2.21 bits per heavy atom. The van der Waals surface area contributed by atoms with Crippen molar-refractivity contribution in [3.05, 3.63) is 17.5 Å². The van der Waals surface area contributed by atoms with E-state index in [1.54, 1.807) is 0 Å². The molecule has 1 saturated carbocycles. The van der Waals surface area contributed by atoms with E-state index in [9.17, 15) is 4.79 Å². The maximum atomic E-state index is 12.4. The van der Waals surface area contributed by atoms with Gasteiger partial charge >= 0.3 is 0 Å². The lowest BCUT2D eigenvalue weighted by atomic mass is 9.70. The van der Waals surface area contributed by atoms with Crippen molar-refractivity contribution < 1.29 is 4.79 Å². The Bertz CT molecular complexity index is 458. The summed E-state index contributed by atoms with van der Waals surface area (Å²) in [5, 5.41) is 3.11. The van der Waals surface area contributed by atoms with E-state index in [4.69, 9.17) is 17.3 Å². The first-order valence-electron chi connectivity index (χ1n) is 6.55. The molecular formula is C13H19ClN4O. The molecule has 1 aliphatic carbocycles. The molecule has 6 heteroatoms. The molecule has 0 unspecified atom stereocenters. The van der Waals surface area contributed by atoms with Gasteiger partial charge in [-0.05, 0) is 31.6 Å². The molecule has 0 aromatic carbocycles. The molecule has 0 bridgehead atoms. The molecule has 0 spiro atoms. The number of carbonyl (C=O) groups excluding carboxylic acids is 1. The predicted octanol–water partition coefficient (Wildman–Crippen LogP) is 2.22. The maximum Gasteiger partial charge on any atom is 0.233 e. The molecule has 1 amide bonds. The Labute approximate surface area is 118 Å². The van der Waals surface area contributed by atoms with Gasteiger partial charge in [-0.2, -0.15) is 0 Å². The van der Waals surface area contributed by atoms with Crippen LogP contribution in [-0.2, 0) is 4.79 Å². The summed E-state index contributed by atoms with van der Waals surface area (Å²) >= 11 is 5.77. The molecule has 1 aliphatic rings. The van der Waals surface area contributed by atoms with Gasteiger partial charge in [0.1, 0.15) is 17.3 Å². The highest BCUT2D eigenvalue weighted by molar-refractivity contribution is 6.29. The number of nitrogens with zero attached hydrogens (tertiary/aromatic N) is 2. The fraction of sp³-hybridized carbons (Fsp3) is 0.615. The first-order chi connectivity index (χ1) is 9.05. The van der Waals surface area contributed by atoms with E-state index in [0.29, 0.717) is 23.4 Å². The summed E-state index contributed by atoms with van der Waals surface area (Å²) in [5.74, 6) is 1.04. The van der Waals surface area contributed by atoms with Gasteiger partial charge in [-0.1, -0.05) is 18.5 Å². The smallest absolute Gasteiger partial charge is 0.233 e. The molecule has 19 heavy (non-hydrogen) atoms. The van der Waals surface area contributed by atoms with Gasteiger partial charge in [-0.25, -0.2) is 9.97 Å². The molecule has 2 rings (SSSR count). The summed E-state index contributed by atoms with van der Waals surface area (Å²) in [5.41, 5.74) is 5.38. The fourth-order valence-electron chi connectivity index (χ4n) is 2.49. The first kappa shape index (κ1) is 14.2. The normalized spacial score (nSPS) is 27.0. The van der Waals surface area contributed by atoms with Gasteiger partial charge in [0.25, 0.3) is 0 Å². The van der Waals surface area contributed by atoms with Crippen molar-refractivity contribution in [3.63, 3.8) is 0 Å². The number of halogens is 1. The number of nitrogens with two attached hydrogens (primary N) is 1. The number of nitrogens with one attached hydrogen (secondary N) is 1. The largest absolute Gasteiger partial charge is 0.329 e. The van der Waals surface area contributed by atoms with Crippen molar-refractivity contribution >= 4 is 23.3 Å². The van der Waals surface area contributed by atoms with Crippen molar-refractivity contribution in [1.82, 2.24) is 9.97 Å². The number of aromatic nitrogens is 2. The number of amides is 1. The van der Waals surface area contributed by atoms with Crippen molar-refractivity contribution in [2.75, 3.05) is 11.9 Å². The molecule has 1 aromatic rings. The van der Waals surface area contributed by atoms with E-state index in [2.05, 4.69) is 22.2 Å². The van der Waals surface area contributed by atoms with Gasteiger partial charge in [-0.3, -0.25) is 4.79 Å². The summed E-state index contributed by atoms with van der Waals surface area (Å²) in [6.45, 7) is 2.58. The Hall–Kier alpha value is -1.20. The molecular weight excluding hydrogens is 264 g/mol. The highest BCUT2D eigenvalue weighted by atomic mass is 35.5. The van der Waals surface area contributed by atoms with Crippen LogP contribution in [0.3, 0.4) is 0 Å². The van der Waals surface area contributed by atoms with Gasteiger partial charge < -0.3 is 11.1 Å². The Morgan fingerprint density at radius 3 is 2.79 bits per heavy atom. The van der Waals surface area contributed by atoms with Crippen LogP contribution in [0.2, 0.25) is 5.15 Å². The van der Waals surface area contributed by atoms with Crippen LogP contribution in [0.25, 0.3) is 0 Å². The zero-order valence-electron chi connectivity index (χ0n) is 11.0. The number of anilines is 1. The maximum absolute atomic E-state index is 12.4. The highest BCUT2D eigenvalue weighted by Crippen LogP contribution is 2.38. The van der Waals surface area contributed by atoms with Gasteiger partial charge in [0.2, 0.25) is 5.91 Å². The van der Waals surface area contributed by atoms with Crippen LogP contribution in [0.1, 0.15) is 32.6 Å². The van der Waals surface area contributed by atoms with E-state index in [0.717, 1.165) is 25.7 Å². The average Bonchev–Trinajstić information content (AvgIpc) is 2.40. The van der Waals surface area contributed by atoms with Crippen molar-refractivity contribution in [1.29, 1.82) is 0 Å². The Kier molecular flexibility index (Phi) is 4.37. The molecule has 0 aliphatic heterocycles. The van der Waals surface area contributed by atoms with E-state index in [-0.39, 0.29) is 5.91 Å². The number of carbonyl (C=O) groups is 1. The lowest BCUT2D eigenvalue weighted by Gasteiger charge is -2.36. The van der Waals surface area contributed by atoms with Crippen molar-refractivity contribution in [3.8, 4) is 0 Å². The van der Waals surface area contributed by atoms with Crippen LogP contribution in [0, 0.1) is 11.3 Å². The Balaban J connectivity index is 2.09.